The van der Waals surface area contributed by atoms with Crippen LogP contribution in [-0.2, 0) is 10.3 Å². The van der Waals surface area contributed by atoms with Gasteiger partial charge in [0.25, 0.3) is 0 Å². The molecule has 3 fully saturated rings. The van der Waals surface area contributed by atoms with Crippen LogP contribution in [0.3, 0.4) is 0 Å². The van der Waals surface area contributed by atoms with E-state index >= 15 is 0 Å². The van der Waals surface area contributed by atoms with Gasteiger partial charge in [-0.25, -0.2) is 4.98 Å². The molecule has 1 aromatic heterocycles. The van der Waals surface area contributed by atoms with Gasteiger partial charge >= 0.3 is 5.97 Å². The Hall–Kier alpha value is -1.32. The Kier molecular flexibility index (Phi) is 0.977. The number of rotatable bonds is 2. The Balaban J connectivity index is 1.85. The third kappa shape index (κ3) is 0.632. The molecule has 0 saturated heterocycles. The number of aliphatic carboxylic acids is 1. The summed E-state index contributed by atoms with van der Waals surface area (Å²) in [5.74, 6) is -0.630. The lowest BCUT2D eigenvalue weighted by Crippen LogP contribution is -2.70. The molecule has 4 heteroatoms. The van der Waals surface area contributed by atoms with Gasteiger partial charge < -0.3 is 9.67 Å². The van der Waals surface area contributed by atoms with Crippen molar-refractivity contribution in [2.75, 3.05) is 0 Å². The molecule has 3 saturated carbocycles. The van der Waals surface area contributed by atoms with Crippen molar-refractivity contribution in [1.82, 2.24) is 9.55 Å². The summed E-state index contributed by atoms with van der Waals surface area (Å²) in [4.78, 5) is 14.8. The largest absolute Gasteiger partial charge is 0.481 e. The molecule has 1 N–H and O–H groups in total. The Morgan fingerprint density at radius 1 is 1.46 bits per heavy atom. The quantitative estimate of drug-likeness (QED) is 0.730. The van der Waals surface area contributed by atoms with Crippen LogP contribution < -0.4 is 0 Å². The van der Waals surface area contributed by atoms with Gasteiger partial charge in [0.1, 0.15) is 0 Å². The molecule has 0 unspecified atom stereocenters. The molecule has 4 nitrogen and oxygen atoms in total. The highest BCUT2D eigenvalue weighted by molar-refractivity contribution is 5.79. The van der Waals surface area contributed by atoms with Crippen molar-refractivity contribution in [3.8, 4) is 0 Å². The van der Waals surface area contributed by atoms with Crippen LogP contribution in [-0.4, -0.2) is 20.6 Å². The molecule has 0 aromatic carbocycles. The highest BCUT2D eigenvalue weighted by atomic mass is 16.4. The lowest BCUT2D eigenvalue weighted by atomic mass is 9.39. The molecule has 1 aromatic rings. The van der Waals surface area contributed by atoms with E-state index in [9.17, 15) is 4.79 Å². The van der Waals surface area contributed by atoms with Crippen molar-refractivity contribution < 1.29 is 9.90 Å². The predicted octanol–water partition coefficient (Wildman–Crippen LogP) is 0.847. The molecule has 0 atom stereocenters. The molecule has 68 valence electrons. The first-order valence-electron chi connectivity index (χ1n) is 4.39. The summed E-state index contributed by atoms with van der Waals surface area (Å²) in [5.41, 5.74) is -0.279. The minimum absolute atomic E-state index is 0.106. The van der Waals surface area contributed by atoms with Crippen molar-refractivity contribution in [1.29, 1.82) is 0 Å². The monoisotopic (exact) mass is 178 g/mol. The minimum Gasteiger partial charge on any atom is -0.481 e. The fraction of sp³-hybridized carbons (Fsp3) is 0.556. The average Bonchev–Trinajstić information content (AvgIpc) is 2.31. The second-order valence-electron chi connectivity index (χ2n) is 4.31. The van der Waals surface area contributed by atoms with Gasteiger partial charge in [-0.2, -0.15) is 0 Å². The molecule has 3 aliphatic carbocycles. The van der Waals surface area contributed by atoms with Crippen LogP contribution in [0.5, 0.6) is 0 Å². The smallest absolute Gasteiger partial charge is 0.309 e. The molecule has 0 amide bonds. The Morgan fingerprint density at radius 2 is 2.15 bits per heavy atom. The normalized spacial score (nSPS) is 40.6. The van der Waals surface area contributed by atoms with Gasteiger partial charge in [0.2, 0.25) is 0 Å². The van der Waals surface area contributed by atoms with Gasteiger partial charge in [0.15, 0.2) is 0 Å². The SMILES string of the molecule is O=C(O)C12CC(n3ccnc3)(C1)C2. The number of aromatic nitrogens is 2. The third-order valence-electron chi connectivity index (χ3n) is 3.51. The molecule has 0 radical (unpaired) electrons. The van der Waals surface area contributed by atoms with E-state index in [1.165, 1.54) is 0 Å². The van der Waals surface area contributed by atoms with E-state index in [2.05, 4.69) is 9.55 Å². The molecular weight excluding hydrogens is 168 g/mol. The predicted molar refractivity (Wildman–Crippen MR) is 44.1 cm³/mol. The summed E-state index contributed by atoms with van der Waals surface area (Å²) >= 11 is 0. The van der Waals surface area contributed by atoms with Crippen LogP contribution in [0, 0.1) is 5.41 Å². The topological polar surface area (TPSA) is 55.1 Å². The van der Waals surface area contributed by atoms with Crippen LogP contribution in [0.2, 0.25) is 0 Å². The third-order valence-corrected chi connectivity index (χ3v) is 3.51. The summed E-state index contributed by atoms with van der Waals surface area (Å²) in [7, 11) is 0. The maximum absolute atomic E-state index is 10.8. The summed E-state index contributed by atoms with van der Waals surface area (Å²) in [6.07, 6.45) is 7.80. The molecule has 0 spiro atoms. The zero-order chi connectivity index (χ0) is 9.10. The number of carboxylic acid groups (broad SMARTS) is 1. The Labute approximate surface area is 75.2 Å². The molecule has 13 heavy (non-hydrogen) atoms. The standard InChI is InChI=1S/C9H10N2O2/c12-7(13)8-3-9(4-8,5-8)11-2-1-10-6-11/h1-2,6H,3-5H2,(H,12,13). The van der Waals surface area contributed by atoms with Gasteiger partial charge in [-0.05, 0) is 19.3 Å². The van der Waals surface area contributed by atoms with Crippen molar-refractivity contribution in [3.63, 3.8) is 0 Å². The van der Waals surface area contributed by atoms with E-state index in [-0.39, 0.29) is 11.0 Å². The Morgan fingerprint density at radius 3 is 2.62 bits per heavy atom. The Bertz CT molecular complexity index is 349. The van der Waals surface area contributed by atoms with Crippen molar-refractivity contribution >= 4 is 5.97 Å². The number of hydrogen-bond donors (Lipinski definition) is 1. The van der Waals surface area contributed by atoms with Crippen LogP contribution in [0.25, 0.3) is 0 Å². The van der Waals surface area contributed by atoms with E-state index in [0.29, 0.717) is 0 Å². The summed E-state index contributed by atoms with van der Waals surface area (Å²) in [5, 5.41) is 8.92. The fourth-order valence-electron chi connectivity index (χ4n) is 2.77. The van der Waals surface area contributed by atoms with Gasteiger partial charge in [0.05, 0.1) is 11.7 Å². The average molecular weight is 178 g/mol. The fourth-order valence-corrected chi connectivity index (χ4v) is 2.77. The highest BCUT2D eigenvalue weighted by Crippen LogP contribution is 2.71. The van der Waals surface area contributed by atoms with E-state index < -0.39 is 5.97 Å². The van der Waals surface area contributed by atoms with Crippen LogP contribution in [0.4, 0.5) is 0 Å². The van der Waals surface area contributed by atoms with E-state index in [1.807, 2.05) is 6.20 Å². The number of hydrogen-bond acceptors (Lipinski definition) is 2. The zero-order valence-corrected chi connectivity index (χ0v) is 7.10. The highest BCUT2D eigenvalue weighted by Gasteiger charge is 2.72. The van der Waals surface area contributed by atoms with E-state index in [1.54, 1.807) is 12.5 Å². The number of carbonyl (C=O) groups is 1. The molecule has 2 bridgehead atoms. The van der Waals surface area contributed by atoms with Crippen molar-refractivity contribution in [2.24, 2.45) is 5.41 Å². The first kappa shape index (κ1) is 7.12. The van der Waals surface area contributed by atoms with Crippen molar-refractivity contribution in [3.05, 3.63) is 18.7 Å². The van der Waals surface area contributed by atoms with Gasteiger partial charge in [-0.1, -0.05) is 0 Å². The van der Waals surface area contributed by atoms with E-state index in [4.69, 9.17) is 5.11 Å². The van der Waals surface area contributed by atoms with Gasteiger partial charge in [0, 0.05) is 17.9 Å². The van der Waals surface area contributed by atoms with Gasteiger partial charge in [-0.3, -0.25) is 4.79 Å². The summed E-state index contributed by atoms with van der Waals surface area (Å²) < 4.78 is 2.05. The lowest BCUT2D eigenvalue weighted by molar-refractivity contribution is -0.213. The number of carboxylic acids is 1. The molecule has 0 aliphatic heterocycles. The number of nitrogens with zero attached hydrogens (tertiary/aromatic N) is 2. The van der Waals surface area contributed by atoms with Crippen molar-refractivity contribution in [2.45, 2.75) is 24.8 Å². The van der Waals surface area contributed by atoms with Gasteiger partial charge in [-0.15, -0.1) is 0 Å². The number of imidazole rings is 1. The molecule has 4 rings (SSSR count). The first-order valence-corrected chi connectivity index (χ1v) is 4.39. The van der Waals surface area contributed by atoms with Crippen LogP contribution >= 0.6 is 0 Å². The lowest BCUT2D eigenvalue weighted by Gasteiger charge is -2.68. The first-order chi connectivity index (χ1) is 6.17. The maximum atomic E-state index is 10.8. The maximum Gasteiger partial charge on any atom is 0.309 e. The molecular formula is C9H10N2O2. The second-order valence-corrected chi connectivity index (χ2v) is 4.31. The van der Waals surface area contributed by atoms with E-state index in [0.717, 1.165) is 19.3 Å². The molecule has 3 aliphatic rings. The van der Waals surface area contributed by atoms with Crippen LogP contribution in [0.1, 0.15) is 19.3 Å². The summed E-state index contributed by atoms with van der Waals surface area (Å²) in [6.45, 7) is 0. The second kappa shape index (κ2) is 1.78. The summed E-state index contributed by atoms with van der Waals surface area (Å²) in [6, 6.07) is 0. The molecule has 1 heterocycles. The van der Waals surface area contributed by atoms with Crippen LogP contribution in [0.15, 0.2) is 18.7 Å². The minimum atomic E-state index is -0.630. The zero-order valence-electron chi connectivity index (χ0n) is 7.10.